The van der Waals surface area contributed by atoms with Gasteiger partial charge in [-0.05, 0) is 18.9 Å². The van der Waals surface area contributed by atoms with E-state index in [-0.39, 0.29) is 11.7 Å². The van der Waals surface area contributed by atoms with Gasteiger partial charge in [-0.2, -0.15) is 0 Å². The van der Waals surface area contributed by atoms with Crippen molar-refractivity contribution in [2.75, 3.05) is 18.1 Å². The lowest BCUT2D eigenvalue weighted by Gasteiger charge is -2.05. The molecule has 1 aromatic rings. The Morgan fingerprint density at radius 2 is 1.94 bits per heavy atom. The van der Waals surface area contributed by atoms with Gasteiger partial charge in [-0.25, -0.2) is 0 Å². The minimum absolute atomic E-state index is 0.000524. The molecule has 0 aromatic heterocycles. The molecular weight excluding hydrogens is 246 g/mol. The Hall–Kier alpha value is -1.29. The standard InChI is InChI=1S/C14H19NO2S/c1-3-8-15-14(17)10-18-9-13(16)12-7-5-4-6-11(12)2/h4-7H,3,8-10H2,1-2H3,(H,15,17). The number of hydrogen-bond donors (Lipinski definition) is 1. The van der Waals surface area contributed by atoms with Gasteiger partial charge in [0.25, 0.3) is 0 Å². The Bertz CT molecular complexity index is 418. The van der Waals surface area contributed by atoms with Crippen LogP contribution in [0.3, 0.4) is 0 Å². The van der Waals surface area contributed by atoms with E-state index in [1.807, 2.05) is 38.1 Å². The number of thioether (sulfide) groups is 1. The van der Waals surface area contributed by atoms with Gasteiger partial charge < -0.3 is 5.32 Å². The van der Waals surface area contributed by atoms with Gasteiger partial charge in [-0.15, -0.1) is 11.8 Å². The highest BCUT2D eigenvalue weighted by molar-refractivity contribution is 8.00. The summed E-state index contributed by atoms with van der Waals surface area (Å²) in [5.74, 6) is 0.781. The number of hydrogen-bond acceptors (Lipinski definition) is 3. The maximum absolute atomic E-state index is 11.9. The van der Waals surface area contributed by atoms with E-state index >= 15 is 0 Å². The summed E-state index contributed by atoms with van der Waals surface area (Å²) in [6.45, 7) is 4.63. The molecule has 1 aromatic carbocycles. The molecule has 0 bridgehead atoms. The molecule has 0 saturated heterocycles. The van der Waals surface area contributed by atoms with Crippen molar-refractivity contribution in [2.45, 2.75) is 20.3 Å². The van der Waals surface area contributed by atoms with Gasteiger partial charge in [0.15, 0.2) is 5.78 Å². The summed E-state index contributed by atoms with van der Waals surface area (Å²) in [7, 11) is 0. The molecule has 0 aliphatic rings. The summed E-state index contributed by atoms with van der Waals surface area (Å²) in [5, 5.41) is 2.79. The lowest BCUT2D eigenvalue weighted by molar-refractivity contribution is -0.118. The zero-order chi connectivity index (χ0) is 13.4. The number of ketones is 1. The maximum Gasteiger partial charge on any atom is 0.230 e. The number of carbonyl (C=O) groups is 2. The molecule has 98 valence electrons. The first kappa shape index (κ1) is 14.8. The van der Waals surface area contributed by atoms with Crippen molar-refractivity contribution in [3.8, 4) is 0 Å². The fourth-order valence-corrected chi connectivity index (χ4v) is 2.25. The van der Waals surface area contributed by atoms with Gasteiger partial charge >= 0.3 is 0 Å². The van der Waals surface area contributed by atoms with Crippen LogP contribution in [0.25, 0.3) is 0 Å². The second kappa shape index (κ2) is 7.93. The molecule has 0 radical (unpaired) electrons. The summed E-state index contributed by atoms with van der Waals surface area (Å²) in [6.07, 6.45) is 0.929. The van der Waals surface area contributed by atoms with Crippen molar-refractivity contribution in [3.63, 3.8) is 0 Å². The number of aryl methyl sites for hydroxylation is 1. The predicted octanol–water partition coefficient (Wildman–Crippen LogP) is 2.44. The molecule has 18 heavy (non-hydrogen) atoms. The van der Waals surface area contributed by atoms with Crippen LogP contribution in [0.1, 0.15) is 29.3 Å². The molecule has 0 spiro atoms. The van der Waals surface area contributed by atoms with E-state index in [4.69, 9.17) is 0 Å². The Kier molecular flexibility index (Phi) is 6.50. The smallest absolute Gasteiger partial charge is 0.230 e. The van der Waals surface area contributed by atoms with E-state index in [1.54, 1.807) is 0 Å². The van der Waals surface area contributed by atoms with Crippen molar-refractivity contribution >= 4 is 23.5 Å². The highest BCUT2D eigenvalue weighted by Gasteiger charge is 2.09. The van der Waals surface area contributed by atoms with Crippen LogP contribution >= 0.6 is 11.8 Å². The molecule has 0 saturated carbocycles. The van der Waals surface area contributed by atoms with Gasteiger partial charge in [-0.1, -0.05) is 31.2 Å². The molecule has 0 atom stereocenters. The van der Waals surface area contributed by atoms with Crippen molar-refractivity contribution < 1.29 is 9.59 Å². The quantitative estimate of drug-likeness (QED) is 0.770. The van der Waals surface area contributed by atoms with Crippen LogP contribution in [0.2, 0.25) is 0 Å². The van der Waals surface area contributed by atoms with Crippen molar-refractivity contribution in [2.24, 2.45) is 0 Å². The van der Waals surface area contributed by atoms with E-state index in [0.717, 1.165) is 17.5 Å². The maximum atomic E-state index is 11.9. The number of benzene rings is 1. The average Bonchev–Trinajstić information content (AvgIpc) is 2.36. The van der Waals surface area contributed by atoms with Crippen LogP contribution in [-0.2, 0) is 4.79 Å². The largest absolute Gasteiger partial charge is 0.355 e. The highest BCUT2D eigenvalue weighted by Crippen LogP contribution is 2.11. The molecule has 0 fully saturated rings. The minimum Gasteiger partial charge on any atom is -0.355 e. The van der Waals surface area contributed by atoms with Crippen LogP contribution in [0, 0.1) is 6.92 Å². The van der Waals surface area contributed by atoms with Crippen molar-refractivity contribution in [1.82, 2.24) is 5.32 Å². The summed E-state index contributed by atoms with van der Waals surface area (Å²) in [5.41, 5.74) is 1.73. The third kappa shape index (κ3) is 4.92. The third-order valence-corrected chi connectivity index (χ3v) is 3.42. The van der Waals surface area contributed by atoms with Gasteiger partial charge in [0.2, 0.25) is 5.91 Å². The molecule has 1 amide bonds. The molecule has 0 aliphatic heterocycles. The van der Waals surface area contributed by atoms with Crippen LogP contribution in [0.4, 0.5) is 0 Å². The SMILES string of the molecule is CCCNC(=O)CSCC(=O)c1ccccc1C. The van der Waals surface area contributed by atoms with Gasteiger partial charge in [0.1, 0.15) is 0 Å². The molecule has 0 aliphatic carbocycles. The van der Waals surface area contributed by atoms with E-state index in [9.17, 15) is 9.59 Å². The molecule has 0 heterocycles. The average molecular weight is 265 g/mol. The van der Waals surface area contributed by atoms with E-state index in [2.05, 4.69) is 5.32 Å². The fourth-order valence-electron chi connectivity index (χ4n) is 1.52. The molecule has 0 unspecified atom stereocenters. The summed E-state index contributed by atoms with van der Waals surface area (Å²) >= 11 is 1.36. The number of nitrogens with one attached hydrogen (secondary N) is 1. The summed E-state index contributed by atoms with van der Waals surface area (Å²) in [4.78, 5) is 23.3. The first-order valence-corrected chi connectivity index (χ1v) is 7.24. The zero-order valence-electron chi connectivity index (χ0n) is 10.9. The van der Waals surface area contributed by atoms with Crippen LogP contribution < -0.4 is 5.32 Å². The van der Waals surface area contributed by atoms with Crippen molar-refractivity contribution in [3.05, 3.63) is 35.4 Å². The third-order valence-electron chi connectivity index (χ3n) is 2.48. The van der Waals surface area contributed by atoms with E-state index in [1.165, 1.54) is 11.8 Å². The normalized spacial score (nSPS) is 10.1. The molecular formula is C14H19NO2S. The lowest BCUT2D eigenvalue weighted by Crippen LogP contribution is -2.26. The number of carbonyl (C=O) groups excluding carboxylic acids is 2. The second-order valence-corrected chi connectivity index (χ2v) is 5.07. The van der Waals surface area contributed by atoms with E-state index < -0.39 is 0 Å². The van der Waals surface area contributed by atoms with Gasteiger partial charge in [0, 0.05) is 12.1 Å². The molecule has 1 N–H and O–H groups in total. The summed E-state index contributed by atoms with van der Waals surface area (Å²) < 4.78 is 0. The molecule has 1 rings (SSSR count). The van der Waals surface area contributed by atoms with Gasteiger partial charge in [-0.3, -0.25) is 9.59 Å². The molecule has 3 nitrogen and oxygen atoms in total. The monoisotopic (exact) mass is 265 g/mol. The highest BCUT2D eigenvalue weighted by atomic mass is 32.2. The summed E-state index contributed by atoms with van der Waals surface area (Å²) in [6, 6.07) is 7.53. The van der Waals surface area contributed by atoms with Gasteiger partial charge in [0.05, 0.1) is 11.5 Å². The number of Topliss-reactive ketones (excluding diaryl/α,β-unsaturated/α-hetero) is 1. The Labute approximate surface area is 112 Å². The van der Waals surface area contributed by atoms with E-state index in [0.29, 0.717) is 18.1 Å². The first-order valence-electron chi connectivity index (χ1n) is 6.08. The number of rotatable bonds is 7. The Balaban J connectivity index is 2.34. The minimum atomic E-state index is -0.000524. The second-order valence-electron chi connectivity index (χ2n) is 4.08. The topological polar surface area (TPSA) is 46.2 Å². The number of amides is 1. The van der Waals surface area contributed by atoms with Crippen LogP contribution in [-0.4, -0.2) is 29.7 Å². The van der Waals surface area contributed by atoms with Crippen molar-refractivity contribution in [1.29, 1.82) is 0 Å². The zero-order valence-corrected chi connectivity index (χ0v) is 11.7. The Morgan fingerprint density at radius 1 is 1.22 bits per heavy atom. The van der Waals surface area contributed by atoms with Crippen LogP contribution in [0.15, 0.2) is 24.3 Å². The first-order chi connectivity index (χ1) is 8.65. The lowest BCUT2D eigenvalue weighted by atomic mass is 10.1. The Morgan fingerprint density at radius 3 is 2.61 bits per heavy atom. The molecule has 4 heteroatoms. The predicted molar refractivity (Wildman–Crippen MR) is 76.1 cm³/mol. The van der Waals surface area contributed by atoms with Crippen LogP contribution in [0.5, 0.6) is 0 Å². The fraction of sp³-hybridized carbons (Fsp3) is 0.429.